The Kier molecular flexibility index (Phi) is 3.32. The average Bonchev–Trinajstić information content (AvgIpc) is 1.86. The van der Waals surface area contributed by atoms with Crippen LogP contribution in [0.1, 0.15) is 0 Å². The van der Waals surface area contributed by atoms with Gasteiger partial charge in [0.1, 0.15) is 13.2 Å². The molecule has 0 spiro atoms. The van der Waals surface area contributed by atoms with Crippen LogP contribution in [0.5, 0.6) is 0 Å². The summed E-state index contributed by atoms with van der Waals surface area (Å²) in [6.45, 7) is -2.51. The Balaban J connectivity index is 4.02. The third-order valence-corrected chi connectivity index (χ3v) is 0.739. The molecule has 7 heteroatoms. The third kappa shape index (κ3) is 4.22. The van der Waals surface area contributed by atoms with Crippen molar-refractivity contribution in [2.45, 2.75) is 11.9 Å². The highest BCUT2D eigenvalue weighted by Gasteiger charge is 2.36. The summed E-state index contributed by atoms with van der Waals surface area (Å²) in [5.41, 5.74) is 0. The first-order valence-corrected chi connectivity index (χ1v) is 2.64. The molecular formula is C4H10O7. The van der Waals surface area contributed by atoms with Gasteiger partial charge in [0.05, 0.1) is 0 Å². The van der Waals surface area contributed by atoms with E-state index in [1.807, 2.05) is 0 Å². The van der Waals surface area contributed by atoms with Crippen LogP contribution < -0.4 is 0 Å². The quantitative estimate of drug-likeness (QED) is 0.239. The molecule has 0 bridgehead atoms. The van der Waals surface area contributed by atoms with Gasteiger partial charge in [-0.05, 0) is 0 Å². The van der Waals surface area contributed by atoms with Gasteiger partial charge in [0, 0.05) is 0 Å². The minimum absolute atomic E-state index is 1.25. The predicted molar refractivity (Wildman–Crippen MR) is 29.6 cm³/mol. The van der Waals surface area contributed by atoms with Crippen LogP contribution in [0, 0.1) is 0 Å². The summed E-state index contributed by atoms with van der Waals surface area (Å²) in [6, 6.07) is 0. The van der Waals surface area contributed by atoms with Gasteiger partial charge in [-0.1, -0.05) is 0 Å². The SMILES string of the molecule is OCC(O)(O)OC(O)(O)CO. The normalized spacial score (nSPS) is 13.6. The highest BCUT2D eigenvalue weighted by molar-refractivity contribution is 4.53. The summed E-state index contributed by atoms with van der Waals surface area (Å²) in [7, 11) is 0. The second kappa shape index (κ2) is 3.41. The molecule has 0 aliphatic carbocycles. The van der Waals surface area contributed by atoms with Crippen LogP contribution in [0.15, 0.2) is 0 Å². The summed E-state index contributed by atoms with van der Waals surface area (Å²) in [4.78, 5) is 0. The fourth-order valence-corrected chi connectivity index (χ4v) is 0.326. The molecular weight excluding hydrogens is 160 g/mol. The standard InChI is InChI=1S/C4H10O7/c5-1-3(7,8)11-4(9,10)2-6/h5-10H,1-2H2. The topological polar surface area (TPSA) is 131 Å². The Hall–Kier alpha value is -0.280. The van der Waals surface area contributed by atoms with Gasteiger partial charge < -0.3 is 30.6 Å². The molecule has 11 heavy (non-hydrogen) atoms. The minimum atomic E-state index is -3.08. The summed E-state index contributed by atoms with van der Waals surface area (Å²) in [6.07, 6.45) is 0. The third-order valence-electron chi connectivity index (χ3n) is 0.739. The zero-order valence-electron chi connectivity index (χ0n) is 5.51. The molecule has 0 aromatic heterocycles. The predicted octanol–water partition coefficient (Wildman–Crippen LogP) is -3.74. The Morgan fingerprint density at radius 3 is 1.27 bits per heavy atom. The van der Waals surface area contributed by atoms with E-state index in [0.717, 1.165) is 0 Å². The van der Waals surface area contributed by atoms with Gasteiger partial charge in [-0.25, -0.2) is 0 Å². The molecule has 0 saturated heterocycles. The number of rotatable bonds is 4. The minimum Gasteiger partial charge on any atom is -0.388 e. The van der Waals surface area contributed by atoms with E-state index in [4.69, 9.17) is 30.6 Å². The fraction of sp³-hybridized carbons (Fsp3) is 1.00. The molecule has 0 aliphatic heterocycles. The molecule has 0 aliphatic rings. The van der Waals surface area contributed by atoms with Gasteiger partial charge in [0.2, 0.25) is 0 Å². The first kappa shape index (κ1) is 10.7. The molecule has 0 rings (SSSR count). The molecule has 0 aromatic rings. The summed E-state index contributed by atoms with van der Waals surface area (Å²) < 4.78 is 3.65. The van der Waals surface area contributed by atoms with Crippen molar-refractivity contribution in [1.29, 1.82) is 0 Å². The molecule has 0 saturated carbocycles. The van der Waals surface area contributed by atoms with Crippen molar-refractivity contribution in [2.75, 3.05) is 13.2 Å². The van der Waals surface area contributed by atoms with Crippen molar-refractivity contribution in [3.05, 3.63) is 0 Å². The zero-order valence-corrected chi connectivity index (χ0v) is 5.51. The van der Waals surface area contributed by atoms with Crippen molar-refractivity contribution >= 4 is 0 Å². The van der Waals surface area contributed by atoms with Gasteiger partial charge >= 0.3 is 11.9 Å². The highest BCUT2D eigenvalue weighted by atomic mass is 16.9. The Bertz CT molecular complexity index is 106. The van der Waals surface area contributed by atoms with Crippen molar-refractivity contribution in [3.63, 3.8) is 0 Å². The molecule has 0 radical (unpaired) electrons. The van der Waals surface area contributed by atoms with Crippen molar-refractivity contribution in [2.24, 2.45) is 0 Å². The smallest absolute Gasteiger partial charge is 0.306 e. The van der Waals surface area contributed by atoms with E-state index >= 15 is 0 Å². The number of hydrogen-bond donors (Lipinski definition) is 6. The van der Waals surface area contributed by atoms with Crippen molar-refractivity contribution in [3.8, 4) is 0 Å². The van der Waals surface area contributed by atoms with Crippen molar-refractivity contribution < 1.29 is 35.4 Å². The lowest BCUT2D eigenvalue weighted by molar-refractivity contribution is -0.480. The Morgan fingerprint density at radius 1 is 0.818 bits per heavy atom. The first-order chi connectivity index (χ1) is 4.83. The maximum Gasteiger partial charge on any atom is 0.306 e. The second-order valence-electron chi connectivity index (χ2n) is 1.90. The number of hydrogen-bond acceptors (Lipinski definition) is 7. The van der Waals surface area contributed by atoms with E-state index in [9.17, 15) is 0 Å². The summed E-state index contributed by atoms with van der Waals surface area (Å²) in [5.74, 6) is -6.15. The van der Waals surface area contributed by atoms with Gasteiger partial charge in [-0.15, -0.1) is 0 Å². The first-order valence-electron chi connectivity index (χ1n) is 2.64. The summed E-state index contributed by atoms with van der Waals surface area (Å²) in [5, 5.41) is 50.0. The lowest BCUT2D eigenvalue weighted by Crippen LogP contribution is -2.49. The fourth-order valence-electron chi connectivity index (χ4n) is 0.326. The number of ether oxygens (including phenoxy) is 1. The molecule has 0 fully saturated rings. The molecule has 0 aromatic carbocycles. The highest BCUT2D eigenvalue weighted by Crippen LogP contribution is 2.10. The van der Waals surface area contributed by atoms with Crippen LogP contribution in [0.3, 0.4) is 0 Å². The molecule has 0 heterocycles. The van der Waals surface area contributed by atoms with Gasteiger partial charge in [0.15, 0.2) is 0 Å². The van der Waals surface area contributed by atoms with E-state index in [0.29, 0.717) is 0 Å². The van der Waals surface area contributed by atoms with Crippen LogP contribution in [0.4, 0.5) is 0 Å². The van der Waals surface area contributed by atoms with Crippen molar-refractivity contribution in [1.82, 2.24) is 0 Å². The Morgan fingerprint density at radius 2 is 1.09 bits per heavy atom. The van der Waals surface area contributed by atoms with Crippen LogP contribution in [0.25, 0.3) is 0 Å². The Labute approximate surface area is 61.7 Å². The average molecular weight is 170 g/mol. The van der Waals surface area contributed by atoms with E-state index in [-0.39, 0.29) is 0 Å². The lowest BCUT2D eigenvalue weighted by atomic mass is 10.5. The zero-order chi connectivity index (χ0) is 9.12. The molecule has 7 nitrogen and oxygen atoms in total. The summed E-state index contributed by atoms with van der Waals surface area (Å²) >= 11 is 0. The second-order valence-corrected chi connectivity index (χ2v) is 1.90. The monoisotopic (exact) mass is 170 g/mol. The van der Waals surface area contributed by atoms with Crippen LogP contribution >= 0.6 is 0 Å². The van der Waals surface area contributed by atoms with Gasteiger partial charge in [-0.3, -0.25) is 4.74 Å². The van der Waals surface area contributed by atoms with E-state index in [2.05, 4.69) is 4.74 Å². The number of aliphatic hydroxyl groups is 6. The maximum atomic E-state index is 8.44. The largest absolute Gasteiger partial charge is 0.388 e. The van der Waals surface area contributed by atoms with E-state index in [1.54, 1.807) is 0 Å². The maximum absolute atomic E-state index is 8.44. The van der Waals surface area contributed by atoms with Crippen LogP contribution in [0.2, 0.25) is 0 Å². The molecule has 68 valence electrons. The van der Waals surface area contributed by atoms with E-state index < -0.39 is 25.2 Å². The van der Waals surface area contributed by atoms with E-state index in [1.165, 1.54) is 0 Å². The molecule has 0 amide bonds. The molecule has 6 N–H and O–H groups in total. The lowest BCUT2D eigenvalue weighted by Gasteiger charge is -2.27. The van der Waals surface area contributed by atoms with Gasteiger partial charge in [-0.2, -0.15) is 0 Å². The van der Waals surface area contributed by atoms with Crippen LogP contribution in [-0.4, -0.2) is 55.8 Å². The van der Waals surface area contributed by atoms with Gasteiger partial charge in [0.25, 0.3) is 0 Å². The number of aliphatic hydroxyl groups excluding tert-OH is 2. The molecule has 0 atom stereocenters. The van der Waals surface area contributed by atoms with Crippen LogP contribution in [-0.2, 0) is 4.74 Å². The molecule has 0 unspecified atom stereocenters.